The predicted octanol–water partition coefficient (Wildman–Crippen LogP) is 5.75. The van der Waals surface area contributed by atoms with Crippen LogP contribution in [0, 0.1) is 6.92 Å². The number of hydrogen-bond acceptors (Lipinski definition) is 6. The zero-order chi connectivity index (χ0) is 22.5. The fourth-order valence-corrected chi connectivity index (χ4v) is 5.03. The van der Waals surface area contributed by atoms with Crippen molar-refractivity contribution < 1.29 is 14.3 Å². The second-order valence-electron chi connectivity index (χ2n) is 8.15. The minimum atomic E-state index is 0.0952. The molecular weight excluding hydrogens is 422 g/mol. The van der Waals surface area contributed by atoms with Gasteiger partial charge in [0.25, 0.3) is 0 Å². The maximum absolute atomic E-state index is 12.7. The lowest BCUT2D eigenvalue weighted by atomic mass is 9.95. The lowest BCUT2D eigenvalue weighted by Gasteiger charge is -2.25. The van der Waals surface area contributed by atoms with E-state index in [0.717, 1.165) is 40.5 Å². The van der Waals surface area contributed by atoms with Crippen molar-refractivity contribution in [2.75, 3.05) is 20.0 Å². The standard InChI is InChI=1S/C25H29N3O3S/c1-17-9-11-18(12-10-17)23(29)16-32-25-27-26-24(28(25)20-7-5-4-6-8-20)19-13-21(30-2)15-22(14-19)31-3/h9-15,20H,4-8,16H2,1-3H3. The van der Waals surface area contributed by atoms with E-state index < -0.39 is 0 Å². The number of aryl methyl sites for hydroxylation is 1. The molecule has 0 bridgehead atoms. The van der Waals surface area contributed by atoms with E-state index in [-0.39, 0.29) is 5.78 Å². The third kappa shape index (κ3) is 4.99. The summed E-state index contributed by atoms with van der Waals surface area (Å²) in [4.78, 5) is 12.7. The number of nitrogens with zero attached hydrogens (tertiary/aromatic N) is 3. The van der Waals surface area contributed by atoms with Crippen molar-refractivity contribution >= 4 is 17.5 Å². The zero-order valence-corrected chi connectivity index (χ0v) is 19.7. The van der Waals surface area contributed by atoms with Crippen LogP contribution in [-0.4, -0.2) is 40.5 Å². The second kappa shape index (κ2) is 10.2. The van der Waals surface area contributed by atoms with Crippen LogP contribution in [0.1, 0.15) is 54.1 Å². The quantitative estimate of drug-likeness (QED) is 0.321. The van der Waals surface area contributed by atoms with E-state index in [1.54, 1.807) is 14.2 Å². The molecule has 1 heterocycles. The van der Waals surface area contributed by atoms with E-state index >= 15 is 0 Å². The number of carbonyl (C=O) groups is 1. The van der Waals surface area contributed by atoms with Crippen molar-refractivity contribution in [2.24, 2.45) is 0 Å². The number of methoxy groups -OCH3 is 2. The summed E-state index contributed by atoms with van der Waals surface area (Å²) >= 11 is 1.46. The highest BCUT2D eigenvalue weighted by molar-refractivity contribution is 7.99. The average Bonchev–Trinajstić information content (AvgIpc) is 3.27. The lowest BCUT2D eigenvalue weighted by Crippen LogP contribution is -2.15. The van der Waals surface area contributed by atoms with Crippen LogP contribution in [0.15, 0.2) is 47.6 Å². The number of rotatable bonds is 8. The largest absolute Gasteiger partial charge is 0.497 e. The number of aromatic nitrogens is 3. The van der Waals surface area contributed by atoms with Gasteiger partial charge in [-0.05, 0) is 31.9 Å². The number of thioether (sulfide) groups is 1. The molecule has 3 aromatic rings. The predicted molar refractivity (Wildman–Crippen MR) is 127 cm³/mol. The highest BCUT2D eigenvalue weighted by Gasteiger charge is 2.25. The Morgan fingerprint density at radius 2 is 1.66 bits per heavy atom. The van der Waals surface area contributed by atoms with Crippen molar-refractivity contribution in [2.45, 2.75) is 50.2 Å². The average molecular weight is 452 g/mol. The summed E-state index contributed by atoms with van der Waals surface area (Å²) in [7, 11) is 3.28. The summed E-state index contributed by atoms with van der Waals surface area (Å²) in [5.41, 5.74) is 2.77. The highest BCUT2D eigenvalue weighted by atomic mass is 32.2. The molecule has 1 aliphatic rings. The molecule has 0 atom stereocenters. The molecule has 0 saturated heterocycles. The Hall–Kier alpha value is -2.80. The van der Waals surface area contributed by atoms with Crippen molar-refractivity contribution in [3.63, 3.8) is 0 Å². The minimum Gasteiger partial charge on any atom is -0.497 e. The van der Waals surface area contributed by atoms with Crippen LogP contribution in [0.5, 0.6) is 11.5 Å². The van der Waals surface area contributed by atoms with Gasteiger partial charge in [-0.25, -0.2) is 0 Å². The molecule has 7 heteroatoms. The normalized spacial score (nSPS) is 14.3. The number of ether oxygens (including phenoxy) is 2. The van der Waals surface area contributed by atoms with Gasteiger partial charge in [-0.3, -0.25) is 9.36 Å². The van der Waals surface area contributed by atoms with E-state index in [4.69, 9.17) is 9.47 Å². The van der Waals surface area contributed by atoms with E-state index in [0.29, 0.717) is 23.3 Å². The molecule has 0 radical (unpaired) electrons. The van der Waals surface area contributed by atoms with E-state index in [2.05, 4.69) is 14.8 Å². The van der Waals surface area contributed by atoms with E-state index in [1.807, 2.05) is 49.4 Å². The van der Waals surface area contributed by atoms with Crippen LogP contribution in [0.3, 0.4) is 0 Å². The Labute approximate surface area is 193 Å². The minimum absolute atomic E-state index is 0.0952. The van der Waals surface area contributed by atoms with Crippen molar-refractivity contribution in [3.05, 3.63) is 53.6 Å². The van der Waals surface area contributed by atoms with Crippen LogP contribution in [0.2, 0.25) is 0 Å². The van der Waals surface area contributed by atoms with Crippen LogP contribution < -0.4 is 9.47 Å². The monoisotopic (exact) mass is 451 g/mol. The number of benzene rings is 2. The Bertz CT molecular complexity index is 1050. The first-order chi connectivity index (χ1) is 15.6. The molecule has 2 aromatic carbocycles. The first-order valence-corrected chi connectivity index (χ1v) is 12.0. The topological polar surface area (TPSA) is 66.2 Å². The molecule has 0 spiro atoms. The number of ketones is 1. The molecule has 4 rings (SSSR count). The second-order valence-corrected chi connectivity index (χ2v) is 9.09. The maximum Gasteiger partial charge on any atom is 0.192 e. The summed E-state index contributed by atoms with van der Waals surface area (Å²) < 4.78 is 13.1. The summed E-state index contributed by atoms with van der Waals surface area (Å²) in [6.07, 6.45) is 5.82. The molecular formula is C25H29N3O3S. The molecule has 0 amide bonds. The molecule has 32 heavy (non-hydrogen) atoms. The van der Waals surface area contributed by atoms with Crippen LogP contribution >= 0.6 is 11.8 Å². The molecule has 1 saturated carbocycles. The Balaban J connectivity index is 1.65. The molecule has 0 unspecified atom stereocenters. The van der Waals surface area contributed by atoms with E-state index in [9.17, 15) is 4.79 Å². The Kier molecular flexibility index (Phi) is 7.15. The van der Waals surface area contributed by atoms with Gasteiger partial charge in [0.1, 0.15) is 11.5 Å². The molecule has 1 aliphatic carbocycles. The maximum atomic E-state index is 12.7. The molecule has 168 valence electrons. The van der Waals surface area contributed by atoms with Gasteiger partial charge in [-0.15, -0.1) is 10.2 Å². The van der Waals surface area contributed by atoms with Crippen LogP contribution in [0.25, 0.3) is 11.4 Å². The molecule has 1 aromatic heterocycles. The van der Waals surface area contributed by atoms with Gasteiger partial charge in [-0.1, -0.05) is 60.9 Å². The van der Waals surface area contributed by atoms with Crippen LogP contribution in [-0.2, 0) is 0 Å². The summed E-state index contributed by atoms with van der Waals surface area (Å²) in [5.74, 6) is 2.63. The molecule has 1 fully saturated rings. The summed E-state index contributed by atoms with van der Waals surface area (Å²) in [6.45, 7) is 2.02. The fraction of sp³-hybridized carbons (Fsp3) is 0.400. The number of Topliss-reactive ketones (excluding diaryl/α,β-unsaturated/α-hetero) is 1. The summed E-state index contributed by atoms with van der Waals surface area (Å²) in [5, 5.41) is 9.83. The van der Waals surface area contributed by atoms with Gasteiger partial charge in [0, 0.05) is 23.2 Å². The van der Waals surface area contributed by atoms with Crippen molar-refractivity contribution in [1.29, 1.82) is 0 Å². The summed E-state index contributed by atoms with van der Waals surface area (Å²) in [6, 6.07) is 13.8. The number of hydrogen-bond donors (Lipinski definition) is 0. The Morgan fingerprint density at radius 1 is 1.00 bits per heavy atom. The van der Waals surface area contributed by atoms with Crippen LogP contribution in [0.4, 0.5) is 0 Å². The Morgan fingerprint density at radius 3 is 2.28 bits per heavy atom. The van der Waals surface area contributed by atoms with Crippen molar-refractivity contribution in [3.8, 4) is 22.9 Å². The molecule has 6 nitrogen and oxygen atoms in total. The third-order valence-electron chi connectivity index (χ3n) is 5.92. The SMILES string of the molecule is COc1cc(OC)cc(-c2nnc(SCC(=O)c3ccc(C)cc3)n2C2CCCCC2)c1. The van der Waals surface area contributed by atoms with Gasteiger partial charge in [-0.2, -0.15) is 0 Å². The van der Waals surface area contributed by atoms with Gasteiger partial charge in [0.2, 0.25) is 0 Å². The van der Waals surface area contributed by atoms with Gasteiger partial charge in [0.05, 0.1) is 20.0 Å². The smallest absolute Gasteiger partial charge is 0.192 e. The lowest BCUT2D eigenvalue weighted by molar-refractivity contribution is 0.102. The van der Waals surface area contributed by atoms with Gasteiger partial charge < -0.3 is 9.47 Å². The van der Waals surface area contributed by atoms with Crippen molar-refractivity contribution in [1.82, 2.24) is 14.8 Å². The first kappa shape index (κ1) is 22.4. The number of carbonyl (C=O) groups excluding carboxylic acids is 1. The third-order valence-corrected chi connectivity index (χ3v) is 6.86. The molecule has 0 N–H and O–H groups in total. The van der Waals surface area contributed by atoms with Gasteiger partial charge in [0.15, 0.2) is 16.8 Å². The fourth-order valence-electron chi connectivity index (χ4n) is 4.13. The first-order valence-electron chi connectivity index (χ1n) is 11.0. The highest BCUT2D eigenvalue weighted by Crippen LogP contribution is 2.37. The molecule has 0 aliphatic heterocycles. The zero-order valence-electron chi connectivity index (χ0n) is 18.8. The van der Waals surface area contributed by atoms with E-state index in [1.165, 1.54) is 31.0 Å². The van der Waals surface area contributed by atoms with Gasteiger partial charge >= 0.3 is 0 Å².